The zero-order chi connectivity index (χ0) is 17.4. The third kappa shape index (κ3) is 3.32. The summed E-state index contributed by atoms with van der Waals surface area (Å²) in [6.45, 7) is 4.63. The highest BCUT2D eigenvalue weighted by Gasteiger charge is 2.43. The first-order valence-electron chi connectivity index (χ1n) is 7.90. The highest BCUT2D eigenvalue weighted by molar-refractivity contribution is 5.44. The van der Waals surface area contributed by atoms with Gasteiger partial charge in [0.25, 0.3) is 0 Å². The van der Waals surface area contributed by atoms with Gasteiger partial charge in [0.1, 0.15) is 17.6 Å². The molecule has 2 atom stereocenters. The Morgan fingerprint density at radius 1 is 1.50 bits per heavy atom. The molecule has 5 nitrogen and oxygen atoms in total. The highest BCUT2D eigenvalue weighted by Crippen LogP contribution is 2.33. The third-order valence-corrected chi connectivity index (χ3v) is 4.71. The average Bonchev–Trinajstić information content (AvgIpc) is 3.02. The van der Waals surface area contributed by atoms with Crippen molar-refractivity contribution in [1.29, 1.82) is 5.26 Å². The molecule has 0 radical (unpaired) electrons. The topological polar surface area (TPSA) is 61.2 Å². The van der Waals surface area contributed by atoms with Crippen LogP contribution in [0.1, 0.15) is 31.0 Å². The van der Waals surface area contributed by atoms with Gasteiger partial charge in [-0.2, -0.15) is 18.4 Å². The van der Waals surface area contributed by atoms with Crippen LogP contribution < -0.4 is 5.32 Å². The maximum atomic E-state index is 12.9. The minimum atomic E-state index is -4.51. The molecule has 24 heavy (non-hydrogen) atoms. The number of aromatic nitrogens is 1. The fraction of sp³-hybridized carbons (Fsp3) is 0.625. The number of pyridine rings is 1. The molecule has 0 aromatic carbocycles. The van der Waals surface area contributed by atoms with E-state index in [0.717, 1.165) is 31.5 Å². The van der Waals surface area contributed by atoms with E-state index in [4.69, 9.17) is 10.00 Å². The van der Waals surface area contributed by atoms with Gasteiger partial charge in [-0.15, -0.1) is 0 Å². The van der Waals surface area contributed by atoms with E-state index in [-0.39, 0.29) is 17.1 Å². The predicted octanol–water partition coefficient (Wildman–Crippen LogP) is 2.64. The molecule has 2 aliphatic rings. The van der Waals surface area contributed by atoms with Crippen LogP contribution in [-0.2, 0) is 10.9 Å². The van der Waals surface area contributed by atoms with Crippen molar-refractivity contribution >= 4 is 5.82 Å². The standard InChI is InChI=1S/C16H19F3N4O/c1-15(10-24-8-13-3-2-4-23(13)15)9-21-14-6-11(16(17,18)19)5-12(7-20)22-14/h5-6,13H,2-4,8-10H2,1H3,(H,21,22)/t13-,15+/m1/s1. The molecular weight excluding hydrogens is 321 g/mol. The first kappa shape index (κ1) is 17.0. The minimum Gasteiger partial charge on any atom is -0.378 e. The van der Waals surface area contributed by atoms with Crippen molar-refractivity contribution in [2.24, 2.45) is 0 Å². The molecule has 1 aromatic rings. The molecule has 2 fully saturated rings. The van der Waals surface area contributed by atoms with Crippen molar-refractivity contribution in [1.82, 2.24) is 9.88 Å². The highest BCUT2D eigenvalue weighted by atomic mass is 19.4. The molecular formula is C16H19F3N4O. The van der Waals surface area contributed by atoms with Gasteiger partial charge in [-0.05, 0) is 38.4 Å². The number of morpholine rings is 1. The molecule has 0 saturated carbocycles. The number of rotatable bonds is 3. The van der Waals surface area contributed by atoms with Crippen molar-refractivity contribution in [2.45, 2.75) is 37.5 Å². The number of halogens is 3. The first-order chi connectivity index (χ1) is 11.3. The summed E-state index contributed by atoms with van der Waals surface area (Å²) in [6.07, 6.45) is -2.33. The van der Waals surface area contributed by atoms with Gasteiger partial charge in [0, 0.05) is 12.6 Å². The Hall–Kier alpha value is -1.85. The van der Waals surface area contributed by atoms with Gasteiger partial charge in [-0.3, -0.25) is 4.90 Å². The fourth-order valence-electron chi connectivity index (χ4n) is 3.49. The molecule has 0 spiro atoms. The van der Waals surface area contributed by atoms with E-state index >= 15 is 0 Å². The monoisotopic (exact) mass is 340 g/mol. The summed E-state index contributed by atoms with van der Waals surface area (Å²) in [6, 6.07) is 3.75. The van der Waals surface area contributed by atoms with Crippen LogP contribution in [0.3, 0.4) is 0 Å². The SMILES string of the molecule is C[C@]1(CNc2cc(C(F)(F)F)cc(C#N)n2)COC[C@H]2CCCN21. The summed E-state index contributed by atoms with van der Waals surface area (Å²) in [5.74, 6) is 0.0592. The van der Waals surface area contributed by atoms with Gasteiger partial charge in [-0.25, -0.2) is 4.98 Å². The van der Waals surface area contributed by atoms with Crippen LogP contribution in [0.4, 0.5) is 19.0 Å². The number of ether oxygens (including phenoxy) is 1. The molecule has 1 N–H and O–H groups in total. The number of anilines is 1. The molecule has 3 heterocycles. The third-order valence-electron chi connectivity index (χ3n) is 4.71. The molecule has 1 aromatic heterocycles. The number of hydrogen-bond acceptors (Lipinski definition) is 5. The zero-order valence-corrected chi connectivity index (χ0v) is 13.4. The van der Waals surface area contributed by atoms with Crippen LogP contribution >= 0.6 is 0 Å². The van der Waals surface area contributed by atoms with Crippen LogP contribution in [0.25, 0.3) is 0 Å². The smallest absolute Gasteiger partial charge is 0.378 e. The summed E-state index contributed by atoms with van der Waals surface area (Å²) >= 11 is 0. The summed E-state index contributed by atoms with van der Waals surface area (Å²) < 4.78 is 44.5. The second-order valence-corrected chi connectivity index (χ2v) is 6.59. The molecule has 2 aliphatic heterocycles. The lowest BCUT2D eigenvalue weighted by Gasteiger charge is -2.46. The maximum absolute atomic E-state index is 12.9. The van der Waals surface area contributed by atoms with Crippen molar-refractivity contribution in [3.63, 3.8) is 0 Å². The van der Waals surface area contributed by atoms with Gasteiger partial charge >= 0.3 is 6.18 Å². The maximum Gasteiger partial charge on any atom is 0.416 e. The second kappa shape index (κ2) is 6.22. The lowest BCUT2D eigenvalue weighted by atomic mass is 9.97. The first-order valence-corrected chi connectivity index (χ1v) is 7.90. The van der Waals surface area contributed by atoms with Crippen molar-refractivity contribution in [2.75, 3.05) is 31.6 Å². The summed E-state index contributed by atoms with van der Waals surface area (Å²) in [5, 5.41) is 11.9. The largest absolute Gasteiger partial charge is 0.416 e. The van der Waals surface area contributed by atoms with Crippen LogP contribution in [0, 0.1) is 11.3 Å². The Morgan fingerprint density at radius 2 is 2.29 bits per heavy atom. The van der Waals surface area contributed by atoms with Crippen LogP contribution in [0.5, 0.6) is 0 Å². The fourth-order valence-corrected chi connectivity index (χ4v) is 3.49. The number of nitrogens with one attached hydrogen (secondary N) is 1. The molecule has 8 heteroatoms. The number of fused-ring (bicyclic) bond motifs is 1. The lowest BCUT2D eigenvalue weighted by molar-refractivity contribution is -0.137. The van der Waals surface area contributed by atoms with Crippen LogP contribution in [0.15, 0.2) is 12.1 Å². The van der Waals surface area contributed by atoms with Crippen LogP contribution in [0.2, 0.25) is 0 Å². The van der Waals surface area contributed by atoms with Gasteiger partial charge < -0.3 is 10.1 Å². The second-order valence-electron chi connectivity index (χ2n) is 6.59. The number of nitrogens with zero attached hydrogens (tertiary/aromatic N) is 3. The van der Waals surface area contributed by atoms with Gasteiger partial charge in [0.2, 0.25) is 0 Å². The normalized spacial score (nSPS) is 27.5. The van der Waals surface area contributed by atoms with E-state index in [9.17, 15) is 13.2 Å². The quantitative estimate of drug-likeness (QED) is 0.917. The molecule has 0 unspecified atom stereocenters. The lowest BCUT2D eigenvalue weighted by Crippen LogP contribution is -2.60. The van der Waals surface area contributed by atoms with E-state index in [1.165, 1.54) is 0 Å². The van der Waals surface area contributed by atoms with Crippen LogP contribution in [-0.4, -0.2) is 47.8 Å². The molecule has 3 rings (SSSR count). The van der Waals surface area contributed by atoms with Gasteiger partial charge in [-0.1, -0.05) is 0 Å². The van der Waals surface area contributed by atoms with Crippen molar-refractivity contribution in [3.05, 3.63) is 23.4 Å². The number of alkyl halides is 3. The zero-order valence-electron chi connectivity index (χ0n) is 13.4. The van der Waals surface area contributed by atoms with E-state index in [1.54, 1.807) is 6.07 Å². The van der Waals surface area contributed by atoms with Gasteiger partial charge in [0.05, 0.1) is 24.3 Å². The van der Waals surface area contributed by atoms with E-state index in [2.05, 4.69) is 15.2 Å². The Labute approximate surface area is 138 Å². The Kier molecular flexibility index (Phi) is 4.40. The molecule has 0 aliphatic carbocycles. The summed E-state index contributed by atoms with van der Waals surface area (Å²) in [7, 11) is 0. The molecule has 130 valence electrons. The molecule has 0 bridgehead atoms. The number of hydrogen-bond donors (Lipinski definition) is 1. The van der Waals surface area contributed by atoms with Crippen molar-refractivity contribution in [3.8, 4) is 6.07 Å². The Morgan fingerprint density at radius 3 is 3.00 bits per heavy atom. The predicted molar refractivity (Wildman–Crippen MR) is 81.4 cm³/mol. The summed E-state index contributed by atoms with van der Waals surface area (Å²) in [4.78, 5) is 6.30. The molecule has 2 saturated heterocycles. The minimum absolute atomic E-state index is 0.0592. The van der Waals surface area contributed by atoms with E-state index in [1.807, 2.05) is 6.92 Å². The number of nitriles is 1. The van der Waals surface area contributed by atoms with Crippen molar-refractivity contribution < 1.29 is 17.9 Å². The van der Waals surface area contributed by atoms with E-state index in [0.29, 0.717) is 25.8 Å². The Bertz CT molecular complexity index is 658. The Balaban J connectivity index is 1.77. The van der Waals surface area contributed by atoms with E-state index < -0.39 is 11.7 Å². The molecule has 0 amide bonds. The van der Waals surface area contributed by atoms with Gasteiger partial charge in [0.15, 0.2) is 0 Å². The average molecular weight is 340 g/mol. The summed E-state index contributed by atoms with van der Waals surface area (Å²) in [5.41, 5.74) is -1.43.